The third-order valence-corrected chi connectivity index (χ3v) is 2.64. The van der Waals surface area contributed by atoms with Crippen LogP contribution >= 0.6 is 0 Å². The molecule has 0 spiro atoms. The van der Waals surface area contributed by atoms with Gasteiger partial charge in [-0.1, -0.05) is 25.1 Å². The maximum absolute atomic E-state index is 11.6. The highest BCUT2D eigenvalue weighted by molar-refractivity contribution is 5.78. The van der Waals surface area contributed by atoms with Gasteiger partial charge in [0.2, 0.25) is 6.10 Å². The second-order valence-electron chi connectivity index (χ2n) is 3.62. The van der Waals surface area contributed by atoms with Crippen LogP contribution in [0.25, 0.3) is 0 Å². The lowest BCUT2D eigenvalue weighted by molar-refractivity contribution is -0.151. The molecule has 15 heavy (non-hydrogen) atoms. The Morgan fingerprint density at radius 3 is 2.87 bits per heavy atom. The van der Waals surface area contributed by atoms with Gasteiger partial charge in [0.05, 0.1) is 6.61 Å². The molecule has 1 aliphatic heterocycles. The van der Waals surface area contributed by atoms with Crippen LogP contribution < -0.4 is 4.74 Å². The summed E-state index contributed by atoms with van der Waals surface area (Å²) in [6.45, 7) is 4.17. The molecule has 1 aromatic rings. The predicted molar refractivity (Wildman–Crippen MR) is 55.9 cm³/mol. The van der Waals surface area contributed by atoms with Gasteiger partial charge in [-0.2, -0.15) is 0 Å². The lowest BCUT2D eigenvalue weighted by Crippen LogP contribution is -2.29. The molecule has 2 unspecified atom stereocenters. The molecule has 0 radical (unpaired) electrons. The van der Waals surface area contributed by atoms with Crippen molar-refractivity contribution in [2.24, 2.45) is 0 Å². The molecular formula is C12H14O3. The van der Waals surface area contributed by atoms with Crippen molar-refractivity contribution in [3.63, 3.8) is 0 Å². The number of carbonyl (C=O) groups is 1. The van der Waals surface area contributed by atoms with Crippen LogP contribution in [0.3, 0.4) is 0 Å². The van der Waals surface area contributed by atoms with Crippen molar-refractivity contribution in [2.75, 3.05) is 6.61 Å². The monoisotopic (exact) mass is 206 g/mol. The molecule has 0 bridgehead atoms. The molecule has 1 aromatic carbocycles. The van der Waals surface area contributed by atoms with Crippen molar-refractivity contribution < 1.29 is 14.3 Å². The van der Waals surface area contributed by atoms with Gasteiger partial charge in [-0.3, -0.25) is 0 Å². The second-order valence-corrected chi connectivity index (χ2v) is 3.62. The molecule has 2 rings (SSSR count). The van der Waals surface area contributed by atoms with E-state index in [2.05, 4.69) is 0 Å². The van der Waals surface area contributed by atoms with Crippen LogP contribution in [0.4, 0.5) is 0 Å². The number of ether oxygens (including phenoxy) is 2. The summed E-state index contributed by atoms with van der Waals surface area (Å²) < 4.78 is 10.5. The zero-order valence-corrected chi connectivity index (χ0v) is 8.90. The Labute approximate surface area is 89.0 Å². The van der Waals surface area contributed by atoms with Crippen molar-refractivity contribution in [3.8, 4) is 5.75 Å². The first-order valence-electron chi connectivity index (χ1n) is 5.16. The molecule has 0 amide bonds. The molecule has 0 saturated carbocycles. The normalized spacial score (nSPS) is 23.1. The van der Waals surface area contributed by atoms with Gasteiger partial charge in [0.1, 0.15) is 5.75 Å². The summed E-state index contributed by atoms with van der Waals surface area (Å²) in [5.74, 6) is 0.588. The largest absolute Gasteiger partial charge is 0.478 e. The van der Waals surface area contributed by atoms with Crippen molar-refractivity contribution in [1.82, 2.24) is 0 Å². The molecule has 3 nitrogen and oxygen atoms in total. The van der Waals surface area contributed by atoms with Gasteiger partial charge in [-0.15, -0.1) is 0 Å². The van der Waals surface area contributed by atoms with E-state index >= 15 is 0 Å². The van der Waals surface area contributed by atoms with E-state index in [0.29, 0.717) is 6.61 Å². The highest BCUT2D eigenvalue weighted by Gasteiger charge is 2.36. The minimum atomic E-state index is -0.484. The van der Waals surface area contributed by atoms with E-state index < -0.39 is 6.10 Å². The molecule has 1 heterocycles. The lowest BCUT2D eigenvalue weighted by Gasteiger charge is -2.13. The Bertz CT molecular complexity index is 373. The first kappa shape index (κ1) is 10.0. The lowest BCUT2D eigenvalue weighted by atomic mass is 9.98. The summed E-state index contributed by atoms with van der Waals surface area (Å²) in [7, 11) is 0. The van der Waals surface area contributed by atoms with Gasteiger partial charge in [-0.05, 0) is 13.0 Å². The zero-order valence-electron chi connectivity index (χ0n) is 8.90. The maximum Gasteiger partial charge on any atom is 0.347 e. The van der Waals surface area contributed by atoms with Crippen LogP contribution in [0.15, 0.2) is 24.3 Å². The minimum absolute atomic E-state index is 0.0697. The maximum atomic E-state index is 11.6. The molecule has 0 saturated heterocycles. The van der Waals surface area contributed by atoms with E-state index in [4.69, 9.17) is 9.47 Å². The van der Waals surface area contributed by atoms with Crippen LogP contribution in [0.5, 0.6) is 5.75 Å². The zero-order chi connectivity index (χ0) is 10.8. The number of rotatable bonds is 2. The fraction of sp³-hybridized carbons (Fsp3) is 0.417. The smallest absolute Gasteiger partial charge is 0.347 e. The summed E-state index contributed by atoms with van der Waals surface area (Å²) in [6.07, 6.45) is -0.484. The Morgan fingerprint density at radius 1 is 1.47 bits per heavy atom. The predicted octanol–water partition coefficient (Wildman–Crippen LogP) is 2.11. The van der Waals surface area contributed by atoms with Gasteiger partial charge in [0.25, 0.3) is 0 Å². The van der Waals surface area contributed by atoms with E-state index in [0.717, 1.165) is 11.3 Å². The topological polar surface area (TPSA) is 35.5 Å². The number of benzene rings is 1. The third kappa shape index (κ3) is 1.69. The Kier molecular flexibility index (Phi) is 2.62. The molecule has 2 atom stereocenters. The number of fused-ring (bicyclic) bond motifs is 1. The van der Waals surface area contributed by atoms with Gasteiger partial charge in [-0.25, -0.2) is 4.79 Å². The summed E-state index contributed by atoms with van der Waals surface area (Å²) in [6, 6.07) is 7.72. The fourth-order valence-corrected chi connectivity index (χ4v) is 1.84. The van der Waals surface area contributed by atoms with E-state index in [-0.39, 0.29) is 11.9 Å². The van der Waals surface area contributed by atoms with Crippen molar-refractivity contribution in [2.45, 2.75) is 25.9 Å². The van der Waals surface area contributed by atoms with Crippen LogP contribution in [0.1, 0.15) is 25.3 Å². The average Bonchev–Trinajstić information content (AvgIpc) is 2.57. The number of para-hydroxylation sites is 1. The molecule has 0 fully saturated rings. The summed E-state index contributed by atoms with van der Waals surface area (Å²) >= 11 is 0. The SMILES string of the molecule is CCOC(=O)C1Oc2ccccc2C1C. The first-order chi connectivity index (χ1) is 7.24. The number of esters is 1. The number of hydrogen-bond donors (Lipinski definition) is 0. The molecule has 3 heteroatoms. The molecule has 80 valence electrons. The van der Waals surface area contributed by atoms with E-state index in [1.54, 1.807) is 6.92 Å². The van der Waals surface area contributed by atoms with Gasteiger partial charge in [0, 0.05) is 11.5 Å². The van der Waals surface area contributed by atoms with Crippen LogP contribution in [0, 0.1) is 0 Å². The summed E-state index contributed by atoms with van der Waals surface area (Å²) in [5.41, 5.74) is 1.08. The second kappa shape index (κ2) is 3.93. The molecule has 0 aromatic heterocycles. The van der Waals surface area contributed by atoms with Crippen molar-refractivity contribution >= 4 is 5.97 Å². The van der Waals surface area contributed by atoms with Crippen LogP contribution in [0.2, 0.25) is 0 Å². The van der Waals surface area contributed by atoms with Crippen LogP contribution in [-0.2, 0) is 9.53 Å². The quantitative estimate of drug-likeness (QED) is 0.695. The first-order valence-corrected chi connectivity index (χ1v) is 5.16. The molecular weight excluding hydrogens is 192 g/mol. The van der Waals surface area contributed by atoms with Gasteiger partial charge in [0.15, 0.2) is 0 Å². The average molecular weight is 206 g/mol. The van der Waals surface area contributed by atoms with E-state index in [1.165, 1.54) is 0 Å². The highest BCUT2D eigenvalue weighted by Crippen LogP contribution is 2.37. The fourth-order valence-electron chi connectivity index (χ4n) is 1.84. The number of hydrogen-bond acceptors (Lipinski definition) is 3. The van der Waals surface area contributed by atoms with Gasteiger partial charge >= 0.3 is 5.97 Å². The summed E-state index contributed by atoms with van der Waals surface area (Å²) in [4.78, 5) is 11.6. The Balaban J connectivity index is 2.19. The molecule has 0 N–H and O–H groups in total. The van der Waals surface area contributed by atoms with E-state index in [1.807, 2.05) is 31.2 Å². The Hall–Kier alpha value is -1.51. The summed E-state index contributed by atoms with van der Waals surface area (Å²) in [5, 5.41) is 0. The Morgan fingerprint density at radius 2 is 2.20 bits per heavy atom. The van der Waals surface area contributed by atoms with E-state index in [9.17, 15) is 4.79 Å². The van der Waals surface area contributed by atoms with Crippen LogP contribution in [-0.4, -0.2) is 18.7 Å². The van der Waals surface area contributed by atoms with Crippen molar-refractivity contribution in [3.05, 3.63) is 29.8 Å². The third-order valence-electron chi connectivity index (χ3n) is 2.64. The standard InChI is InChI=1S/C12H14O3/c1-3-14-12(13)11-8(2)9-6-4-5-7-10(9)15-11/h4-8,11H,3H2,1-2H3. The molecule has 0 aliphatic carbocycles. The van der Waals surface area contributed by atoms with Gasteiger partial charge < -0.3 is 9.47 Å². The van der Waals surface area contributed by atoms with Crippen molar-refractivity contribution in [1.29, 1.82) is 0 Å². The number of carbonyl (C=O) groups excluding carboxylic acids is 1. The minimum Gasteiger partial charge on any atom is -0.478 e. The highest BCUT2D eigenvalue weighted by atomic mass is 16.6. The molecule has 1 aliphatic rings.